The van der Waals surface area contributed by atoms with Gasteiger partial charge in [-0.15, -0.1) is 0 Å². The molecule has 2 unspecified atom stereocenters. The first-order chi connectivity index (χ1) is 10.0. The van der Waals surface area contributed by atoms with E-state index in [1.54, 1.807) is 6.20 Å². The molecule has 2 N–H and O–H groups in total. The van der Waals surface area contributed by atoms with Gasteiger partial charge in [0.05, 0.1) is 6.26 Å². The summed E-state index contributed by atoms with van der Waals surface area (Å²) < 4.78 is 25.7. The van der Waals surface area contributed by atoms with Gasteiger partial charge < -0.3 is 5.32 Å². The predicted octanol–water partition coefficient (Wildman–Crippen LogP) is 1.63. The van der Waals surface area contributed by atoms with Gasteiger partial charge in [0.15, 0.2) is 0 Å². The Morgan fingerprint density at radius 3 is 2.52 bits per heavy atom. The third kappa shape index (κ3) is 4.14. The van der Waals surface area contributed by atoms with Crippen molar-refractivity contribution >= 4 is 15.8 Å². The van der Waals surface area contributed by atoms with Crippen LogP contribution in [0.3, 0.4) is 0 Å². The third-order valence-electron chi connectivity index (χ3n) is 4.08. The molecule has 6 nitrogen and oxygen atoms in total. The first-order valence-electron chi connectivity index (χ1n) is 7.58. The fourth-order valence-electron chi connectivity index (χ4n) is 2.90. The van der Waals surface area contributed by atoms with Gasteiger partial charge in [0.2, 0.25) is 10.0 Å². The predicted molar refractivity (Wildman–Crippen MR) is 81.7 cm³/mol. The Morgan fingerprint density at radius 2 is 1.86 bits per heavy atom. The van der Waals surface area contributed by atoms with E-state index in [0.717, 1.165) is 37.3 Å². The monoisotopic (exact) mass is 310 g/mol. The Kier molecular flexibility index (Phi) is 4.12. The summed E-state index contributed by atoms with van der Waals surface area (Å²) in [6, 6.07) is 1.89. The van der Waals surface area contributed by atoms with E-state index in [-0.39, 0.29) is 12.1 Å². The van der Waals surface area contributed by atoms with Gasteiger partial charge in [-0.2, -0.15) is 0 Å². The van der Waals surface area contributed by atoms with E-state index in [1.807, 2.05) is 6.07 Å². The van der Waals surface area contributed by atoms with Crippen LogP contribution < -0.4 is 10.0 Å². The van der Waals surface area contributed by atoms with Gasteiger partial charge in [-0.25, -0.2) is 23.1 Å². The quantitative estimate of drug-likeness (QED) is 0.863. The molecule has 116 valence electrons. The van der Waals surface area contributed by atoms with Crippen LogP contribution in [0.25, 0.3) is 0 Å². The molecule has 1 heterocycles. The van der Waals surface area contributed by atoms with Crippen LogP contribution in [-0.2, 0) is 10.0 Å². The maximum absolute atomic E-state index is 11.5. The number of hydrogen-bond acceptors (Lipinski definition) is 5. The Hall–Kier alpha value is -1.21. The lowest BCUT2D eigenvalue weighted by Crippen LogP contribution is -2.48. The summed E-state index contributed by atoms with van der Waals surface area (Å²) in [6.45, 7) is 0. The van der Waals surface area contributed by atoms with Crippen molar-refractivity contribution in [2.75, 3.05) is 11.6 Å². The Bertz CT molecular complexity index is 601. The molecule has 2 saturated carbocycles. The zero-order valence-corrected chi connectivity index (χ0v) is 13.1. The van der Waals surface area contributed by atoms with Crippen molar-refractivity contribution in [1.82, 2.24) is 14.7 Å². The van der Waals surface area contributed by atoms with Gasteiger partial charge in [-0.3, -0.25) is 0 Å². The smallest absolute Gasteiger partial charge is 0.209 e. The van der Waals surface area contributed by atoms with E-state index in [2.05, 4.69) is 20.0 Å². The van der Waals surface area contributed by atoms with Crippen molar-refractivity contribution in [3.05, 3.63) is 18.1 Å². The second kappa shape index (κ2) is 5.88. The fraction of sp³-hybridized carbons (Fsp3) is 0.714. The van der Waals surface area contributed by atoms with Crippen molar-refractivity contribution in [2.24, 2.45) is 0 Å². The maximum Gasteiger partial charge on any atom is 0.209 e. The number of aromatic nitrogens is 2. The van der Waals surface area contributed by atoms with Crippen molar-refractivity contribution in [1.29, 1.82) is 0 Å². The normalized spacial score (nSPS) is 26.5. The highest BCUT2D eigenvalue weighted by Gasteiger charge is 2.29. The van der Waals surface area contributed by atoms with Crippen LogP contribution in [0.2, 0.25) is 0 Å². The molecule has 0 bridgehead atoms. The molecule has 2 aliphatic carbocycles. The number of anilines is 1. The zero-order valence-electron chi connectivity index (χ0n) is 12.2. The lowest BCUT2D eigenvalue weighted by molar-refractivity contribution is 0.378. The molecule has 7 heteroatoms. The highest BCUT2D eigenvalue weighted by Crippen LogP contribution is 2.38. The first-order valence-corrected chi connectivity index (χ1v) is 9.47. The number of hydrogen-bond donors (Lipinski definition) is 2. The number of sulfonamides is 1. The van der Waals surface area contributed by atoms with Crippen LogP contribution in [0.1, 0.15) is 50.3 Å². The van der Waals surface area contributed by atoms with Crippen LogP contribution in [0.5, 0.6) is 0 Å². The van der Waals surface area contributed by atoms with Crippen LogP contribution >= 0.6 is 0 Å². The van der Waals surface area contributed by atoms with Crippen LogP contribution in [0.15, 0.2) is 12.3 Å². The molecule has 3 rings (SSSR count). The highest BCUT2D eigenvalue weighted by atomic mass is 32.2. The molecular formula is C14H22N4O2S. The van der Waals surface area contributed by atoms with Crippen molar-refractivity contribution < 1.29 is 8.42 Å². The number of nitrogens with zero attached hydrogens (tertiary/aromatic N) is 2. The van der Waals surface area contributed by atoms with Gasteiger partial charge in [0.25, 0.3) is 0 Å². The summed E-state index contributed by atoms with van der Waals surface area (Å²) in [6.07, 6.45) is 9.33. The zero-order chi connectivity index (χ0) is 14.9. The molecule has 2 aliphatic rings. The molecule has 2 atom stereocenters. The Balaban J connectivity index is 1.70. The van der Waals surface area contributed by atoms with Crippen LogP contribution in [0, 0.1) is 0 Å². The summed E-state index contributed by atoms with van der Waals surface area (Å²) >= 11 is 0. The number of nitrogens with one attached hydrogen (secondary N) is 2. The van der Waals surface area contributed by atoms with Crippen LogP contribution in [-0.4, -0.2) is 36.7 Å². The standard InChI is InChI=1S/C14H22N4O2S/c1-21(19,20)18-12-5-3-2-4-11(12)16-13-8-9-15-14(17-13)10-6-7-10/h8-12,18H,2-7H2,1H3,(H,15,16,17). The van der Waals surface area contributed by atoms with Gasteiger partial charge in [-0.05, 0) is 31.7 Å². The minimum Gasteiger partial charge on any atom is -0.366 e. The highest BCUT2D eigenvalue weighted by molar-refractivity contribution is 7.88. The molecule has 1 aromatic heterocycles. The van der Waals surface area contributed by atoms with Gasteiger partial charge >= 0.3 is 0 Å². The van der Waals surface area contributed by atoms with E-state index in [9.17, 15) is 8.42 Å². The van der Waals surface area contributed by atoms with Gasteiger partial charge in [-0.1, -0.05) is 12.8 Å². The second-order valence-electron chi connectivity index (χ2n) is 6.11. The molecule has 0 aromatic carbocycles. The molecular weight excluding hydrogens is 288 g/mol. The molecule has 0 saturated heterocycles. The lowest BCUT2D eigenvalue weighted by Gasteiger charge is -2.32. The van der Waals surface area contributed by atoms with E-state index < -0.39 is 10.0 Å². The molecule has 0 aliphatic heterocycles. The lowest BCUT2D eigenvalue weighted by atomic mass is 9.91. The Labute approximate surface area is 125 Å². The average Bonchev–Trinajstić information content (AvgIpc) is 3.24. The van der Waals surface area contributed by atoms with E-state index in [4.69, 9.17) is 0 Å². The van der Waals surface area contributed by atoms with Crippen molar-refractivity contribution in [2.45, 2.75) is 56.5 Å². The SMILES string of the molecule is CS(=O)(=O)NC1CCCCC1Nc1ccnc(C2CC2)n1. The molecule has 0 spiro atoms. The largest absolute Gasteiger partial charge is 0.366 e. The minimum atomic E-state index is -3.18. The summed E-state index contributed by atoms with van der Waals surface area (Å²) in [5.74, 6) is 2.23. The van der Waals surface area contributed by atoms with E-state index >= 15 is 0 Å². The first kappa shape index (κ1) is 14.7. The maximum atomic E-state index is 11.5. The molecule has 2 fully saturated rings. The molecule has 0 amide bonds. The minimum absolute atomic E-state index is 0.0620. The van der Waals surface area contributed by atoms with Gasteiger partial charge in [0, 0.05) is 24.2 Å². The van der Waals surface area contributed by atoms with Crippen LogP contribution in [0.4, 0.5) is 5.82 Å². The van der Waals surface area contributed by atoms with Crippen molar-refractivity contribution in [3.63, 3.8) is 0 Å². The van der Waals surface area contributed by atoms with Crippen molar-refractivity contribution in [3.8, 4) is 0 Å². The number of rotatable bonds is 5. The molecule has 21 heavy (non-hydrogen) atoms. The fourth-order valence-corrected chi connectivity index (χ4v) is 3.73. The molecule has 1 aromatic rings. The Morgan fingerprint density at radius 1 is 1.14 bits per heavy atom. The van der Waals surface area contributed by atoms with E-state index in [0.29, 0.717) is 5.92 Å². The summed E-state index contributed by atoms with van der Waals surface area (Å²) in [5, 5.41) is 3.40. The average molecular weight is 310 g/mol. The summed E-state index contributed by atoms with van der Waals surface area (Å²) in [7, 11) is -3.18. The second-order valence-corrected chi connectivity index (χ2v) is 7.89. The molecule has 0 radical (unpaired) electrons. The topological polar surface area (TPSA) is 84.0 Å². The third-order valence-corrected chi connectivity index (χ3v) is 4.81. The summed E-state index contributed by atoms with van der Waals surface area (Å²) in [4.78, 5) is 8.87. The summed E-state index contributed by atoms with van der Waals surface area (Å²) in [5.41, 5.74) is 0. The van der Waals surface area contributed by atoms with Gasteiger partial charge in [0.1, 0.15) is 11.6 Å². The van der Waals surface area contributed by atoms with E-state index in [1.165, 1.54) is 19.1 Å².